The normalized spacial score (nSPS) is 24.5. The van der Waals surface area contributed by atoms with E-state index in [1.807, 2.05) is 0 Å². The van der Waals surface area contributed by atoms with Gasteiger partial charge in [-0.25, -0.2) is 8.78 Å². The van der Waals surface area contributed by atoms with Gasteiger partial charge >= 0.3 is 0 Å². The molecule has 2 fully saturated rings. The number of aliphatic imine (C=N–C) groups is 1. The molecular weight excluding hydrogens is 370 g/mol. The molecule has 2 aliphatic rings. The van der Waals surface area contributed by atoms with Crippen LogP contribution in [0.4, 0.5) is 8.78 Å². The number of benzene rings is 2. The highest BCUT2D eigenvalue weighted by molar-refractivity contribution is 5.80. The zero-order chi connectivity index (χ0) is 20.2. The van der Waals surface area contributed by atoms with Crippen LogP contribution >= 0.6 is 0 Å². The van der Waals surface area contributed by atoms with Crippen LogP contribution in [0.25, 0.3) is 0 Å². The molecule has 0 amide bonds. The molecule has 0 radical (unpaired) electrons. The highest BCUT2D eigenvalue weighted by Gasteiger charge is 2.40. The molecule has 2 unspecified atom stereocenters. The summed E-state index contributed by atoms with van der Waals surface area (Å²) in [5, 5.41) is 6.61. The Morgan fingerprint density at radius 1 is 1.07 bits per heavy atom. The molecule has 0 saturated carbocycles. The van der Waals surface area contributed by atoms with Gasteiger partial charge in [-0.1, -0.05) is 30.3 Å². The number of hydrogen-bond donors (Lipinski definition) is 2. The molecule has 4 nitrogen and oxygen atoms in total. The van der Waals surface area contributed by atoms with Gasteiger partial charge in [0.15, 0.2) is 5.96 Å². The van der Waals surface area contributed by atoms with Crippen molar-refractivity contribution in [3.63, 3.8) is 0 Å². The molecule has 2 aromatic rings. The molecule has 29 heavy (non-hydrogen) atoms. The fourth-order valence-electron chi connectivity index (χ4n) is 4.69. The van der Waals surface area contributed by atoms with E-state index in [0.29, 0.717) is 29.6 Å². The van der Waals surface area contributed by atoms with Crippen LogP contribution < -0.4 is 10.6 Å². The molecule has 0 aliphatic carbocycles. The van der Waals surface area contributed by atoms with E-state index in [1.165, 1.54) is 24.5 Å². The second-order valence-corrected chi connectivity index (χ2v) is 8.02. The van der Waals surface area contributed by atoms with Crippen molar-refractivity contribution in [1.29, 1.82) is 0 Å². The zero-order valence-corrected chi connectivity index (χ0v) is 16.7. The number of fused-ring (bicyclic) bond motifs is 2. The Balaban J connectivity index is 1.32. The molecule has 154 valence electrons. The van der Waals surface area contributed by atoms with Crippen molar-refractivity contribution in [2.45, 2.75) is 56.9 Å². The Labute approximate surface area is 171 Å². The number of halogens is 2. The minimum atomic E-state index is -0.437. The van der Waals surface area contributed by atoms with Crippen LogP contribution in [-0.4, -0.2) is 36.0 Å². The van der Waals surface area contributed by atoms with Crippen LogP contribution in [0.2, 0.25) is 0 Å². The fourth-order valence-corrected chi connectivity index (χ4v) is 4.69. The van der Waals surface area contributed by atoms with Crippen molar-refractivity contribution in [3.05, 3.63) is 71.3 Å². The SMILES string of the molecule is CN=C(NCc1cc(F)ccc1F)NC1CC2CCC(C1)N2Cc1ccccc1. The van der Waals surface area contributed by atoms with Gasteiger partial charge in [0, 0.05) is 43.8 Å². The van der Waals surface area contributed by atoms with Gasteiger partial charge in [-0.05, 0) is 49.4 Å². The second kappa shape index (κ2) is 8.91. The van der Waals surface area contributed by atoms with E-state index in [9.17, 15) is 8.78 Å². The van der Waals surface area contributed by atoms with Gasteiger partial charge in [0.1, 0.15) is 11.6 Å². The van der Waals surface area contributed by atoms with Crippen molar-refractivity contribution >= 4 is 5.96 Å². The van der Waals surface area contributed by atoms with Crippen LogP contribution in [0.3, 0.4) is 0 Å². The molecule has 4 rings (SSSR count). The summed E-state index contributed by atoms with van der Waals surface area (Å²) in [7, 11) is 1.70. The van der Waals surface area contributed by atoms with Crippen molar-refractivity contribution < 1.29 is 8.78 Å². The van der Waals surface area contributed by atoms with E-state index < -0.39 is 11.6 Å². The third-order valence-electron chi connectivity index (χ3n) is 6.11. The van der Waals surface area contributed by atoms with Crippen molar-refractivity contribution in [3.8, 4) is 0 Å². The van der Waals surface area contributed by atoms with E-state index in [4.69, 9.17) is 0 Å². The van der Waals surface area contributed by atoms with Crippen molar-refractivity contribution in [2.24, 2.45) is 4.99 Å². The quantitative estimate of drug-likeness (QED) is 0.594. The summed E-state index contributed by atoms with van der Waals surface area (Å²) in [5.74, 6) is -0.218. The average molecular weight is 399 g/mol. The lowest BCUT2D eigenvalue weighted by Crippen LogP contribution is -2.52. The van der Waals surface area contributed by atoms with E-state index in [0.717, 1.165) is 31.5 Å². The van der Waals surface area contributed by atoms with Crippen LogP contribution in [0.15, 0.2) is 53.5 Å². The van der Waals surface area contributed by atoms with E-state index >= 15 is 0 Å². The monoisotopic (exact) mass is 398 g/mol. The molecule has 2 atom stereocenters. The van der Waals surface area contributed by atoms with Gasteiger partial charge in [0.05, 0.1) is 0 Å². The Kier molecular flexibility index (Phi) is 6.09. The maximum absolute atomic E-state index is 13.8. The Morgan fingerprint density at radius 3 is 2.48 bits per heavy atom. The van der Waals surface area contributed by atoms with E-state index in [-0.39, 0.29) is 6.54 Å². The number of guanidine groups is 1. The largest absolute Gasteiger partial charge is 0.354 e. The maximum Gasteiger partial charge on any atom is 0.191 e. The van der Waals surface area contributed by atoms with Gasteiger partial charge in [-0.2, -0.15) is 0 Å². The number of hydrogen-bond acceptors (Lipinski definition) is 2. The first-order valence-corrected chi connectivity index (χ1v) is 10.3. The topological polar surface area (TPSA) is 39.7 Å². The fraction of sp³-hybridized carbons (Fsp3) is 0.435. The molecule has 6 heteroatoms. The van der Waals surface area contributed by atoms with Crippen molar-refractivity contribution in [1.82, 2.24) is 15.5 Å². The first-order valence-electron chi connectivity index (χ1n) is 10.3. The van der Waals surface area contributed by atoms with Gasteiger partial charge in [-0.3, -0.25) is 9.89 Å². The highest BCUT2D eigenvalue weighted by atomic mass is 19.1. The summed E-state index contributed by atoms with van der Waals surface area (Å²) < 4.78 is 27.2. The van der Waals surface area contributed by atoms with Gasteiger partial charge in [0.2, 0.25) is 0 Å². The lowest BCUT2D eigenvalue weighted by atomic mass is 9.96. The number of nitrogens with one attached hydrogen (secondary N) is 2. The molecule has 0 aromatic heterocycles. The first kappa shape index (κ1) is 19.8. The number of piperidine rings is 1. The highest BCUT2D eigenvalue weighted by Crippen LogP contribution is 2.36. The zero-order valence-electron chi connectivity index (χ0n) is 16.7. The summed E-state index contributed by atoms with van der Waals surface area (Å²) in [4.78, 5) is 6.92. The molecule has 2 bridgehead atoms. The Morgan fingerprint density at radius 2 is 1.79 bits per heavy atom. The molecule has 0 spiro atoms. The third-order valence-corrected chi connectivity index (χ3v) is 6.11. The second-order valence-electron chi connectivity index (χ2n) is 8.02. The molecular formula is C23H28F2N4. The molecule has 2 heterocycles. The predicted molar refractivity (Wildman–Crippen MR) is 112 cm³/mol. The smallest absolute Gasteiger partial charge is 0.191 e. The standard InChI is InChI=1S/C23H28F2N4/c1-26-23(27-14-17-11-18(24)7-10-22(17)25)28-19-12-20-8-9-21(13-19)29(20)15-16-5-3-2-4-6-16/h2-7,10-11,19-21H,8-9,12-15H2,1H3,(H2,26,27,28). The lowest BCUT2D eigenvalue weighted by molar-refractivity contribution is 0.114. The van der Waals surface area contributed by atoms with Crippen LogP contribution in [0.1, 0.15) is 36.8 Å². The summed E-state index contributed by atoms with van der Waals surface area (Å²) in [5.41, 5.74) is 1.66. The summed E-state index contributed by atoms with van der Waals surface area (Å²) in [6.45, 7) is 1.21. The molecule has 2 aromatic carbocycles. The summed E-state index contributed by atoms with van der Waals surface area (Å²) in [6.07, 6.45) is 4.60. The Bertz CT molecular complexity index is 841. The predicted octanol–water partition coefficient (Wildman–Crippen LogP) is 3.83. The third kappa shape index (κ3) is 4.75. The minimum absolute atomic E-state index is 0.197. The van der Waals surface area contributed by atoms with Gasteiger partial charge in [-0.15, -0.1) is 0 Å². The van der Waals surface area contributed by atoms with E-state index in [1.54, 1.807) is 7.05 Å². The van der Waals surface area contributed by atoms with Crippen LogP contribution in [0, 0.1) is 11.6 Å². The van der Waals surface area contributed by atoms with E-state index in [2.05, 4.69) is 50.9 Å². The molecule has 2 saturated heterocycles. The number of nitrogens with zero attached hydrogens (tertiary/aromatic N) is 2. The summed E-state index contributed by atoms with van der Waals surface area (Å²) in [6, 6.07) is 15.6. The number of rotatable bonds is 5. The minimum Gasteiger partial charge on any atom is -0.354 e. The van der Waals surface area contributed by atoms with Crippen LogP contribution in [-0.2, 0) is 13.1 Å². The maximum atomic E-state index is 13.8. The summed E-state index contributed by atoms with van der Waals surface area (Å²) >= 11 is 0. The first-order chi connectivity index (χ1) is 14.1. The molecule has 2 N–H and O–H groups in total. The van der Waals surface area contributed by atoms with Gasteiger partial charge in [0.25, 0.3) is 0 Å². The molecule has 2 aliphatic heterocycles. The van der Waals surface area contributed by atoms with Crippen molar-refractivity contribution in [2.75, 3.05) is 7.05 Å². The van der Waals surface area contributed by atoms with Gasteiger partial charge < -0.3 is 10.6 Å². The average Bonchev–Trinajstić information content (AvgIpc) is 2.96. The van der Waals surface area contributed by atoms with Crippen LogP contribution in [0.5, 0.6) is 0 Å². The lowest BCUT2D eigenvalue weighted by Gasteiger charge is -2.39. The Hall–Kier alpha value is -2.47.